The summed E-state index contributed by atoms with van der Waals surface area (Å²) in [7, 11) is 0. The molecule has 9 nitrogen and oxygen atoms in total. The van der Waals surface area contributed by atoms with Gasteiger partial charge in [0.05, 0.1) is 11.6 Å². The third-order valence-corrected chi connectivity index (χ3v) is 6.58. The number of hydrogen-bond donors (Lipinski definition) is 6. The lowest BCUT2D eigenvalue weighted by molar-refractivity contribution is -0.121. The summed E-state index contributed by atoms with van der Waals surface area (Å²) in [6.07, 6.45) is 1.45. The van der Waals surface area contributed by atoms with Crippen LogP contribution in [-0.4, -0.2) is 63.3 Å². The molecule has 0 spiro atoms. The van der Waals surface area contributed by atoms with Crippen molar-refractivity contribution < 1.29 is 20.1 Å². The number of aromatic hydroxyl groups is 2. The van der Waals surface area contributed by atoms with Crippen LogP contribution in [0.1, 0.15) is 36.5 Å². The third-order valence-electron chi connectivity index (χ3n) is 6.58. The predicted molar refractivity (Wildman–Crippen MR) is 133 cm³/mol. The highest BCUT2D eigenvalue weighted by molar-refractivity contribution is 5.87. The largest absolute Gasteiger partial charge is 0.508 e. The maximum atomic E-state index is 12.2. The van der Waals surface area contributed by atoms with Crippen molar-refractivity contribution in [1.29, 1.82) is 0 Å². The molecular formula is C26H32N4O5. The number of nitrogens with zero attached hydrogens (tertiary/aromatic N) is 1. The zero-order chi connectivity index (χ0) is 24.8. The molecular weight excluding hydrogens is 448 g/mol. The lowest BCUT2D eigenvalue weighted by atomic mass is 10.0. The number of aliphatic hydroxyl groups is 1. The van der Waals surface area contributed by atoms with Crippen LogP contribution in [0.5, 0.6) is 11.5 Å². The molecule has 2 heterocycles. The molecule has 1 aliphatic rings. The molecule has 0 bridgehead atoms. The fraction of sp³-hybridized carbons (Fsp3) is 0.385. The smallest absolute Gasteiger partial charge is 0.248 e. The minimum Gasteiger partial charge on any atom is -0.508 e. The summed E-state index contributed by atoms with van der Waals surface area (Å²) >= 11 is 0. The van der Waals surface area contributed by atoms with Crippen molar-refractivity contribution in [2.45, 2.75) is 38.0 Å². The number of rotatable bonds is 9. The minimum atomic E-state index is -0.783. The number of nitrogens with one attached hydrogen (secondary N) is 3. The number of carbonyl (C=O) groups is 1. The van der Waals surface area contributed by atoms with E-state index in [0.29, 0.717) is 48.1 Å². The molecule has 9 heteroatoms. The molecule has 35 heavy (non-hydrogen) atoms. The molecule has 3 aromatic rings. The van der Waals surface area contributed by atoms with Crippen molar-refractivity contribution in [3.63, 3.8) is 0 Å². The Morgan fingerprint density at radius 1 is 1.06 bits per heavy atom. The SMILES string of the molecule is O=C(CCN1CCC(NCC(O)c2ccc(O)c3[nH]c(=O)ccc23)CC1)NCc1ccccc1O. The van der Waals surface area contributed by atoms with Crippen molar-refractivity contribution in [3.05, 3.63) is 70.0 Å². The number of pyridine rings is 1. The van der Waals surface area contributed by atoms with Gasteiger partial charge in [-0.15, -0.1) is 0 Å². The van der Waals surface area contributed by atoms with Gasteiger partial charge in [-0.3, -0.25) is 9.59 Å². The monoisotopic (exact) mass is 480 g/mol. The van der Waals surface area contributed by atoms with Crippen LogP contribution < -0.4 is 16.2 Å². The number of phenolic OH excluding ortho intramolecular Hbond substituents is 2. The highest BCUT2D eigenvalue weighted by Crippen LogP contribution is 2.28. The number of H-pyrrole nitrogens is 1. The Balaban J connectivity index is 1.19. The number of aromatic amines is 1. The first-order valence-electron chi connectivity index (χ1n) is 11.9. The number of fused-ring (bicyclic) bond motifs is 1. The van der Waals surface area contributed by atoms with Gasteiger partial charge in [0.15, 0.2) is 0 Å². The van der Waals surface area contributed by atoms with E-state index in [1.54, 1.807) is 30.3 Å². The summed E-state index contributed by atoms with van der Waals surface area (Å²) in [6.45, 7) is 3.08. The Morgan fingerprint density at radius 2 is 1.83 bits per heavy atom. The third kappa shape index (κ3) is 6.39. The first-order chi connectivity index (χ1) is 16.9. The van der Waals surface area contributed by atoms with Gasteiger partial charge >= 0.3 is 0 Å². The Hall–Kier alpha value is -3.40. The van der Waals surface area contributed by atoms with Crippen molar-refractivity contribution in [2.75, 3.05) is 26.2 Å². The number of amides is 1. The lowest BCUT2D eigenvalue weighted by Crippen LogP contribution is -2.44. The molecule has 2 aromatic carbocycles. The van der Waals surface area contributed by atoms with Crippen LogP contribution in [-0.2, 0) is 11.3 Å². The van der Waals surface area contributed by atoms with Crippen LogP contribution in [0.2, 0.25) is 0 Å². The van der Waals surface area contributed by atoms with Gasteiger partial charge in [0, 0.05) is 49.1 Å². The maximum Gasteiger partial charge on any atom is 0.248 e. The first-order valence-corrected chi connectivity index (χ1v) is 11.9. The van der Waals surface area contributed by atoms with Gasteiger partial charge in [0.2, 0.25) is 11.5 Å². The molecule has 1 aliphatic heterocycles. The maximum absolute atomic E-state index is 12.2. The van der Waals surface area contributed by atoms with E-state index in [9.17, 15) is 24.9 Å². The van der Waals surface area contributed by atoms with E-state index in [0.717, 1.165) is 25.9 Å². The van der Waals surface area contributed by atoms with Crippen LogP contribution in [0.4, 0.5) is 0 Å². The average Bonchev–Trinajstić information content (AvgIpc) is 2.86. The summed E-state index contributed by atoms with van der Waals surface area (Å²) in [5.41, 5.74) is 1.36. The van der Waals surface area contributed by atoms with Crippen LogP contribution in [0.3, 0.4) is 0 Å². The number of carbonyl (C=O) groups excluding carboxylic acids is 1. The van der Waals surface area contributed by atoms with Crippen molar-refractivity contribution in [2.24, 2.45) is 0 Å². The minimum absolute atomic E-state index is 0.0270. The Kier molecular flexibility index (Phi) is 8.02. The zero-order valence-corrected chi connectivity index (χ0v) is 19.5. The number of aliphatic hydroxyl groups excluding tert-OH is 1. The molecule has 6 N–H and O–H groups in total. The summed E-state index contributed by atoms with van der Waals surface area (Å²) in [6, 6.07) is 13.4. The van der Waals surface area contributed by atoms with Crippen molar-refractivity contribution in [3.8, 4) is 11.5 Å². The summed E-state index contributed by atoms with van der Waals surface area (Å²) in [5, 5.41) is 37.5. The van der Waals surface area contributed by atoms with Crippen LogP contribution in [0, 0.1) is 0 Å². The molecule has 0 saturated carbocycles. The Bertz CT molecular complexity index is 1220. The number of aromatic nitrogens is 1. The number of benzene rings is 2. The molecule has 1 unspecified atom stereocenters. The van der Waals surface area contributed by atoms with Gasteiger partial charge in [-0.25, -0.2) is 0 Å². The van der Waals surface area contributed by atoms with Crippen molar-refractivity contribution in [1.82, 2.24) is 20.5 Å². The average molecular weight is 481 g/mol. The summed E-state index contributed by atoms with van der Waals surface area (Å²) < 4.78 is 0. The number of para-hydroxylation sites is 1. The van der Waals surface area contributed by atoms with E-state index in [4.69, 9.17) is 0 Å². The van der Waals surface area contributed by atoms with E-state index < -0.39 is 6.10 Å². The second kappa shape index (κ2) is 11.4. The number of hydrogen-bond acceptors (Lipinski definition) is 7. The van der Waals surface area contributed by atoms with Crippen LogP contribution in [0.15, 0.2) is 53.3 Å². The van der Waals surface area contributed by atoms with Gasteiger partial charge in [-0.05, 0) is 49.7 Å². The highest BCUT2D eigenvalue weighted by atomic mass is 16.3. The second-order valence-electron chi connectivity index (χ2n) is 8.98. The molecule has 0 aliphatic carbocycles. The number of likely N-dealkylation sites (tertiary alicyclic amines) is 1. The van der Waals surface area contributed by atoms with E-state index in [1.165, 1.54) is 12.1 Å². The molecule has 4 rings (SSSR count). The van der Waals surface area contributed by atoms with E-state index in [1.807, 2.05) is 6.07 Å². The zero-order valence-electron chi connectivity index (χ0n) is 19.5. The molecule has 0 radical (unpaired) electrons. The predicted octanol–water partition coefficient (Wildman–Crippen LogP) is 1.73. The van der Waals surface area contributed by atoms with Gasteiger partial charge in [-0.1, -0.05) is 24.3 Å². The van der Waals surface area contributed by atoms with E-state index in [2.05, 4.69) is 20.5 Å². The quantitative estimate of drug-likeness (QED) is 0.274. The Morgan fingerprint density at radius 3 is 2.60 bits per heavy atom. The molecule has 1 fully saturated rings. The molecule has 1 aromatic heterocycles. The number of piperidine rings is 1. The molecule has 1 saturated heterocycles. The highest BCUT2D eigenvalue weighted by Gasteiger charge is 2.21. The molecule has 1 atom stereocenters. The Labute approximate surface area is 203 Å². The normalized spacial score (nSPS) is 15.8. The lowest BCUT2D eigenvalue weighted by Gasteiger charge is -2.32. The summed E-state index contributed by atoms with van der Waals surface area (Å²) in [4.78, 5) is 28.7. The fourth-order valence-corrected chi connectivity index (χ4v) is 4.50. The first kappa shape index (κ1) is 24.7. The summed E-state index contributed by atoms with van der Waals surface area (Å²) in [5.74, 6) is 0.112. The topological polar surface area (TPSA) is 138 Å². The second-order valence-corrected chi connectivity index (χ2v) is 8.98. The molecule has 186 valence electrons. The molecule has 1 amide bonds. The standard InChI is InChI=1S/C26H32N4O5/c31-21-4-2-1-3-17(21)15-28-24(34)11-14-30-12-9-18(10-13-30)27-16-23(33)19-5-7-22(32)26-20(19)6-8-25(35)29-26/h1-8,18,23,27,31-33H,9-16H2,(H,28,34)(H,29,35). The van der Waals surface area contributed by atoms with E-state index >= 15 is 0 Å². The van der Waals surface area contributed by atoms with Gasteiger partial charge in [-0.2, -0.15) is 0 Å². The van der Waals surface area contributed by atoms with E-state index in [-0.39, 0.29) is 29.0 Å². The van der Waals surface area contributed by atoms with Crippen LogP contribution in [0.25, 0.3) is 10.9 Å². The van der Waals surface area contributed by atoms with Gasteiger partial charge in [0.1, 0.15) is 11.5 Å². The number of phenols is 2. The van der Waals surface area contributed by atoms with Crippen molar-refractivity contribution >= 4 is 16.8 Å². The van der Waals surface area contributed by atoms with Crippen LogP contribution >= 0.6 is 0 Å². The van der Waals surface area contributed by atoms with Gasteiger partial charge < -0.3 is 35.8 Å². The van der Waals surface area contributed by atoms with Gasteiger partial charge in [0.25, 0.3) is 0 Å². The fourth-order valence-electron chi connectivity index (χ4n) is 4.50.